The number of nitrogens with one attached hydrogen (secondary N) is 2. The summed E-state index contributed by atoms with van der Waals surface area (Å²) in [6.07, 6.45) is 1.97. The van der Waals surface area contributed by atoms with Gasteiger partial charge in [0.2, 0.25) is 5.96 Å². The molecule has 1 rings (SSSR count). The topological polar surface area (TPSA) is 138 Å². The zero-order valence-electron chi connectivity index (χ0n) is 9.52. The van der Waals surface area contributed by atoms with E-state index >= 15 is 0 Å². The summed E-state index contributed by atoms with van der Waals surface area (Å²) < 4.78 is 0. The van der Waals surface area contributed by atoms with Gasteiger partial charge in [0.05, 0.1) is 0 Å². The lowest BCUT2D eigenvalue weighted by Gasteiger charge is -2.20. The van der Waals surface area contributed by atoms with Crippen LogP contribution >= 0.6 is 0 Å². The summed E-state index contributed by atoms with van der Waals surface area (Å²) in [4.78, 5) is 18.3. The zero-order valence-corrected chi connectivity index (χ0v) is 9.52. The van der Waals surface area contributed by atoms with Crippen molar-refractivity contribution in [2.75, 3.05) is 6.54 Å². The van der Waals surface area contributed by atoms with E-state index in [0.717, 1.165) is 12.8 Å². The first-order chi connectivity index (χ1) is 8.08. The van der Waals surface area contributed by atoms with Gasteiger partial charge in [-0.05, 0) is 12.8 Å². The zero-order chi connectivity index (χ0) is 12.7. The molecule has 1 heterocycles. The van der Waals surface area contributed by atoms with E-state index in [1.807, 2.05) is 0 Å². The third-order valence-electron chi connectivity index (χ3n) is 2.13. The number of carboxylic acid groups (broad SMARTS) is 1. The lowest BCUT2D eigenvalue weighted by Crippen LogP contribution is -2.56. The molecule has 1 aliphatic rings. The lowest BCUT2D eigenvalue weighted by molar-refractivity contribution is -0.137. The summed E-state index contributed by atoms with van der Waals surface area (Å²) in [6, 6.07) is 0. The van der Waals surface area contributed by atoms with Crippen LogP contribution in [-0.4, -0.2) is 35.8 Å². The molecule has 0 saturated heterocycles. The van der Waals surface area contributed by atoms with Gasteiger partial charge < -0.3 is 16.2 Å². The van der Waals surface area contributed by atoms with E-state index in [2.05, 4.69) is 20.6 Å². The Morgan fingerprint density at radius 2 is 2.24 bits per heavy atom. The molecule has 0 aromatic carbocycles. The van der Waals surface area contributed by atoms with Gasteiger partial charge in [-0.3, -0.25) is 20.8 Å². The fraction of sp³-hybridized carbons (Fsp3) is 0.667. The van der Waals surface area contributed by atoms with Crippen LogP contribution in [-0.2, 0) is 4.79 Å². The fourth-order valence-corrected chi connectivity index (χ4v) is 1.35. The Morgan fingerprint density at radius 3 is 2.88 bits per heavy atom. The number of nitrogens with two attached hydrogens (primary N) is 2. The van der Waals surface area contributed by atoms with E-state index in [4.69, 9.17) is 16.6 Å². The van der Waals surface area contributed by atoms with E-state index in [9.17, 15) is 4.79 Å². The first-order valence-corrected chi connectivity index (χ1v) is 5.46. The Morgan fingerprint density at radius 1 is 1.47 bits per heavy atom. The number of hydrogen-bond donors (Lipinski definition) is 5. The average Bonchev–Trinajstić information content (AvgIpc) is 2.21. The molecule has 0 aromatic heterocycles. The fourth-order valence-electron chi connectivity index (χ4n) is 1.35. The Bertz CT molecular complexity index is 327. The second-order valence-electron chi connectivity index (χ2n) is 3.66. The number of aliphatic imine (C=N–C) groups is 2. The second kappa shape index (κ2) is 6.69. The number of unbranched alkanes of at least 4 members (excludes halogenated alkanes) is 2. The summed E-state index contributed by atoms with van der Waals surface area (Å²) in [5, 5.41) is 14.0. The number of carboxylic acids is 1. The number of aliphatic carboxylic acids is 1. The van der Waals surface area contributed by atoms with Crippen LogP contribution in [0.25, 0.3) is 0 Å². The van der Waals surface area contributed by atoms with Crippen LogP contribution in [0, 0.1) is 0 Å². The first kappa shape index (κ1) is 13.2. The molecule has 8 nitrogen and oxygen atoms in total. The van der Waals surface area contributed by atoms with E-state index in [0.29, 0.717) is 18.9 Å². The van der Waals surface area contributed by atoms with Crippen LogP contribution in [0.1, 0.15) is 25.7 Å². The van der Waals surface area contributed by atoms with E-state index < -0.39 is 12.3 Å². The molecule has 17 heavy (non-hydrogen) atoms. The Kier molecular flexibility index (Phi) is 5.21. The summed E-state index contributed by atoms with van der Waals surface area (Å²) in [6.45, 7) is 0.592. The maximum absolute atomic E-state index is 10.3. The predicted octanol–water partition coefficient (Wildman–Crippen LogP) is -1.26. The number of carbonyl (C=O) groups is 1. The highest BCUT2D eigenvalue weighted by Gasteiger charge is 2.11. The van der Waals surface area contributed by atoms with Crippen molar-refractivity contribution in [1.82, 2.24) is 10.6 Å². The van der Waals surface area contributed by atoms with Crippen molar-refractivity contribution in [2.45, 2.75) is 32.0 Å². The molecule has 0 aliphatic carbocycles. The van der Waals surface area contributed by atoms with Crippen molar-refractivity contribution < 1.29 is 9.90 Å². The molecule has 96 valence electrons. The predicted molar refractivity (Wildman–Crippen MR) is 64.3 cm³/mol. The van der Waals surface area contributed by atoms with Crippen LogP contribution < -0.4 is 22.1 Å². The van der Waals surface area contributed by atoms with Crippen LogP contribution in [0.2, 0.25) is 0 Å². The molecule has 0 radical (unpaired) electrons. The van der Waals surface area contributed by atoms with E-state index in [1.54, 1.807) is 0 Å². The summed E-state index contributed by atoms with van der Waals surface area (Å²) in [5.41, 5.74) is 11.0. The molecule has 0 amide bonds. The van der Waals surface area contributed by atoms with Crippen molar-refractivity contribution in [3.63, 3.8) is 0 Å². The van der Waals surface area contributed by atoms with Gasteiger partial charge >= 0.3 is 5.97 Å². The minimum absolute atomic E-state index is 0.206. The highest BCUT2D eigenvalue weighted by Crippen LogP contribution is 2.00. The molecule has 8 heteroatoms. The molecule has 0 fully saturated rings. The molecular formula is C9H18N6O2. The van der Waals surface area contributed by atoms with Crippen LogP contribution in [0.3, 0.4) is 0 Å². The molecular weight excluding hydrogens is 224 g/mol. The standard InChI is InChI=1S/C9H18N6O2/c10-7-13-8(11)15-9(14-7)12-5-3-1-2-4-6(16)17/h7H,1-5,10H2,(H,16,17)(H4,11,12,13,14,15). The monoisotopic (exact) mass is 242 g/mol. The number of hydrogen-bond acceptors (Lipinski definition) is 5. The molecule has 1 unspecified atom stereocenters. The van der Waals surface area contributed by atoms with E-state index in [-0.39, 0.29) is 12.4 Å². The molecule has 0 bridgehead atoms. The normalized spacial score (nSPS) is 21.6. The van der Waals surface area contributed by atoms with Gasteiger partial charge in [-0.2, -0.15) is 0 Å². The molecule has 0 aromatic rings. The molecule has 0 saturated carbocycles. The quantitative estimate of drug-likeness (QED) is 0.368. The Hall–Kier alpha value is -1.83. The molecule has 1 atom stereocenters. The number of guanidine groups is 2. The third-order valence-corrected chi connectivity index (χ3v) is 2.13. The maximum atomic E-state index is 10.3. The van der Waals surface area contributed by atoms with Crippen molar-refractivity contribution in [1.29, 1.82) is 0 Å². The van der Waals surface area contributed by atoms with Crippen molar-refractivity contribution in [3.8, 4) is 0 Å². The minimum Gasteiger partial charge on any atom is -0.481 e. The van der Waals surface area contributed by atoms with Gasteiger partial charge in [0, 0.05) is 13.0 Å². The van der Waals surface area contributed by atoms with Gasteiger partial charge in [0.25, 0.3) is 0 Å². The number of rotatable bonds is 6. The van der Waals surface area contributed by atoms with Crippen molar-refractivity contribution in [3.05, 3.63) is 0 Å². The Balaban J connectivity index is 2.17. The van der Waals surface area contributed by atoms with Gasteiger partial charge in [0.15, 0.2) is 12.2 Å². The largest absolute Gasteiger partial charge is 0.481 e. The third kappa shape index (κ3) is 5.71. The smallest absolute Gasteiger partial charge is 0.303 e. The van der Waals surface area contributed by atoms with Crippen molar-refractivity contribution in [2.24, 2.45) is 21.5 Å². The second-order valence-corrected chi connectivity index (χ2v) is 3.66. The SMILES string of the molecule is NC1=NC(N)NC(=NCCCCCC(=O)O)N1. The molecule has 1 aliphatic heterocycles. The maximum Gasteiger partial charge on any atom is 0.303 e. The van der Waals surface area contributed by atoms with E-state index in [1.165, 1.54) is 0 Å². The minimum atomic E-state index is -0.762. The van der Waals surface area contributed by atoms with Crippen LogP contribution in [0.15, 0.2) is 9.98 Å². The van der Waals surface area contributed by atoms with Crippen molar-refractivity contribution >= 4 is 17.9 Å². The average molecular weight is 242 g/mol. The Labute approximate surface area is 99.2 Å². The highest BCUT2D eigenvalue weighted by molar-refractivity contribution is 5.99. The summed E-state index contributed by atoms with van der Waals surface area (Å²) >= 11 is 0. The summed E-state index contributed by atoms with van der Waals surface area (Å²) in [7, 11) is 0. The first-order valence-electron chi connectivity index (χ1n) is 5.46. The molecule has 7 N–H and O–H groups in total. The van der Waals surface area contributed by atoms with Gasteiger partial charge in [-0.1, -0.05) is 6.42 Å². The molecule has 0 spiro atoms. The van der Waals surface area contributed by atoms with Gasteiger partial charge in [0.1, 0.15) is 0 Å². The highest BCUT2D eigenvalue weighted by atomic mass is 16.4. The number of nitrogens with zero attached hydrogens (tertiary/aromatic N) is 2. The summed E-state index contributed by atoms with van der Waals surface area (Å²) in [5.74, 6) is -0.0222. The van der Waals surface area contributed by atoms with Gasteiger partial charge in [-0.25, -0.2) is 4.99 Å². The van der Waals surface area contributed by atoms with Crippen LogP contribution in [0.4, 0.5) is 0 Å². The van der Waals surface area contributed by atoms with Crippen LogP contribution in [0.5, 0.6) is 0 Å². The lowest BCUT2D eigenvalue weighted by atomic mass is 10.2. The van der Waals surface area contributed by atoms with Gasteiger partial charge in [-0.15, -0.1) is 0 Å².